The van der Waals surface area contributed by atoms with Crippen molar-refractivity contribution >= 4 is 126 Å². The van der Waals surface area contributed by atoms with Crippen molar-refractivity contribution in [3.63, 3.8) is 0 Å². The van der Waals surface area contributed by atoms with Gasteiger partial charge in [0.2, 0.25) is 0 Å². The summed E-state index contributed by atoms with van der Waals surface area (Å²) in [6, 6.07) is 69.4. The van der Waals surface area contributed by atoms with Crippen molar-refractivity contribution < 1.29 is 105 Å². The molecule has 145 heavy (non-hydrogen) atoms. The number of carbonyl (C=O) groups is 16. The molecule has 1 aromatic heterocycles. The number of aryl methyl sites for hydroxylation is 1. The summed E-state index contributed by atoms with van der Waals surface area (Å²) in [6.07, 6.45) is 6.61. The molecular formula is C117H99N5O22S. The molecule has 22 rings (SSSR count). The van der Waals surface area contributed by atoms with Crippen LogP contribution in [0.2, 0.25) is 0 Å². The minimum Gasteiger partial charge on any atom is -0.497 e. The van der Waals surface area contributed by atoms with Crippen molar-refractivity contribution in [2.24, 2.45) is 0 Å². The lowest BCUT2D eigenvalue weighted by Crippen LogP contribution is -2.47. The van der Waals surface area contributed by atoms with Gasteiger partial charge in [0, 0.05) is 54.5 Å². The van der Waals surface area contributed by atoms with Crippen LogP contribution in [-0.2, 0) is 48.2 Å². The quantitative estimate of drug-likeness (QED) is 0.0366. The second kappa shape index (κ2) is 42.5. The number of amides is 10. The summed E-state index contributed by atoms with van der Waals surface area (Å²) in [5.41, 5.74) is 9.31. The number of methoxy groups -OCH3 is 1. The summed E-state index contributed by atoms with van der Waals surface area (Å²) < 4.78 is 35.8. The molecular weight excluding hydrogens is 1860 g/mol. The highest BCUT2D eigenvalue weighted by Crippen LogP contribution is 2.45. The van der Waals surface area contributed by atoms with Gasteiger partial charge in [-0.3, -0.25) is 101 Å². The van der Waals surface area contributed by atoms with E-state index < -0.39 is 89.3 Å². The predicted octanol–water partition coefficient (Wildman–Crippen LogP) is 19.9. The molecule has 10 aliphatic rings. The lowest BCUT2D eigenvalue weighted by atomic mass is 9.89. The molecule has 6 heterocycles. The van der Waals surface area contributed by atoms with E-state index in [0.29, 0.717) is 135 Å². The highest BCUT2D eigenvalue weighted by molar-refractivity contribution is 7.19. The highest BCUT2D eigenvalue weighted by atomic mass is 32.1. The van der Waals surface area contributed by atoms with E-state index in [2.05, 4.69) is 75.7 Å². The number of ketones is 6. The Morgan fingerprint density at radius 3 is 1.03 bits per heavy atom. The van der Waals surface area contributed by atoms with Crippen molar-refractivity contribution in [3.8, 4) is 46.0 Å². The molecule has 5 atom stereocenters. The van der Waals surface area contributed by atoms with Crippen LogP contribution in [-0.4, -0.2) is 169 Å². The zero-order valence-corrected chi connectivity index (χ0v) is 80.4. The Hall–Kier alpha value is -16.9. The standard InChI is InChI=1S/C27H23NO4.C25H21NO4S.C23H21NO4.C22H19NO5.C20H15NO5/c1-17-9-12-22(23(29)15-17)28-26(30)21-7-4-8-24(25(21)27(28)31)32-14-13-18-10-11-19-5-2-3-6-20(19)16-18;1-14-10-11-18(19(27)12-14)26-24(28)17-7-5-8-20(23(17)25(26)29)30-13-22-15(2)16-6-3-4-9-21(16)31-22;1-15-10-11-18(19(25)14-15)24-22(26)17-8-5-9-20(21(17)23(24)27)28-13-12-16-6-3-2-4-7-16;1-13-6-11-17(18(24)12-13)23-21(25)16-4-3-5-19(20(16)22(23)26)28-15-9-7-14(27-2)8-10-15;22-12-9-10-15(16(23)11-12)21-19(24)14-7-4-8-17(18(14)20(21)25)26-13-5-2-1-3-6-13/h2-8,10-11,16,22H,1,9,12-15H2;3-9,18H,1,10-13H2,2H3;2-9,18H,1,10-14H2;3-5,7-10,17H,1,6,11-12H2,2H3;1-8,15H,9-11H2. The number of fused-ring (bicyclic) bond motifs is 7. The van der Waals surface area contributed by atoms with Gasteiger partial charge in [0.15, 0.2) is 28.9 Å². The number of imide groups is 5. The molecule has 5 unspecified atom stereocenters. The van der Waals surface area contributed by atoms with Crippen LogP contribution in [0, 0.1) is 6.92 Å². The van der Waals surface area contributed by atoms with Gasteiger partial charge in [0.1, 0.15) is 58.4 Å². The summed E-state index contributed by atoms with van der Waals surface area (Å²) in [5, 5.41) is 3.55. The number of allylic oxidation sites excluding steroid dienone is 4. The first-order valence-corrected chi connectivity index (χ1v) is 48.7. The molecule has 28 heteroatoms. The van der Waals surface area contributed by atoms with E-state index in [1.54, 1.807) is 158 Å². The SMILES string of the molecule is C=C1CCC(N2C(=O)c3cccc(OCCc4ccc5ccccc5c4)c3C2=O)C(=O)C1.C=C1CCC(N2C(=O)c3cccc(OCCc4ccccc4)c3C2=O)C(=O)C1.C=C1CCC(N2C(=O)c3cccc(OCc4sc5ccccc5c4C)c3C2=O)C(=O)C1.C=C1CCC(N2C(=O)c3cccc(Oc4ccc(OC)cc4)c3C2=O)C(=O)C1.O=C1CCC(N2C(=O)c3cccc(Oc4ccccc4)c3C2=O)C(=O)C1. The number of thiophene rings is 1. The molecule has 27 nitrogen and oxygen atoms in total. The second-order valence-electron chi connectivity index (χ2n) is 36.8. The monoisotopic (exact) mass is 1960 g/mol. The number of hydrogen-bond acceptors (Lipinski definition) is 23. The minimum absolute atomic E-state index is 0.127. The Morgan fingerprint density at radius 2 is 0.634 bits per heavy atom. The third-order valence-corrected chi connectivity index (χ3v) is 28.6. The Bertz CT molecular complexity index is 7460. The fourth-order valence-electron chi connectivity index (χ4n) is 19.8. The van der Waals surface area contributed by atoms with Crippen LogP contribution in [0.1, 0.15) is 221 Å². The van der Waals surface area contributed by atoms with E-state index in [4.69, 9.17) is 28.4 Å². The number of Topliss-reactive ketones (excluding diaryl/α,β-unsaturated/α-hetero) is 6. The number of ether oxygens (including phenoxy) is 6. The van der Waals surface area contributed by atoms with Crippen LogP contribution < -0.4 is 28.4 Å². The van der Waals surface area contributed by atoms with E-state index in [-0.39, 0.29) is 130 Å². The first-order valence-electron chi connectivity index (χ1n) is 47.9. The molecule has 5 aliphatic carbocycles. The Balaban J connectivity index is 0.000000119. The molecule has 0 bridgehead atoms. The summed E-state index contributed by atoms with van der Waals surface area (Å²) in [4.78, 5) is 210. The molecule has 0 radical (unpaired) electrons. The Labute approximate surface area is 838 Å². The molecule has 11 aromatic carbocycles. The van der Waals surface area contributed by atoms with Crippen LogP contribution in [0.5, 0.6) is 46.0 Å². The van der Waals surface area contributed by atoms with Crippen molar-refractivity contribution in [1.29, 1.82) is 0 Å². The topological polar surface area (TPSA) is 345 Å². The summed E-state index contributed by atoms with van der Waals surface area (Å²) in [5.74, 6) is -2.25. The average molecular weight is 1960 g/mol. The van der Waals surface area contributed by atoms with E-state index in [1.807, 2.05) is 60.7 Å². The molecule has 12 aromatic rings. The van der Waals surface area contributed by atoms with Gasteiger partial charge in [-0.05, 0) is 201 Å². The first kappa shape index (κ1) is 98.3. The van der Waals surface area contributed by atoms with Gasteiger partial charge in [0.05, 0.1) is 113 Å². The van der Waals surface area contributed by atoms with Gasteiger partial charge in [-0.1, -0.05) is 188 Å². The summed E-state index contributed by atoms with van der Waals surface area (Å²) in [7, 11) is 1.57. The van der Waals surface area contributed by atoms with Crippen LogP contribution in [0.25, 0.3) is 20.9 Å². The smallest absolute Gasteiger partial charge is 0.266 e. The average Bonchev–Trinajstić information content (AvgIpc) is 1.67. The lowest BCUT2D eigenvalue weighted by molar-refractivity contribution is -0.133. The number of para-hydroxylation sites is 1. The largest absolute Gasteiger partial charge is 0.497 e. The fraction of sp³-hybridized carbons (Fsp3) is 0.231. The zero-order valence-electron chi connectivity index (χ0n) is 79.6. The molecule has 5 fully saturated rings. The Kier molecular flexibility index (Phi) is 28.8. The number of nitrogens with zero attached hydrogens (tertiary/aromatic N) is 5. The van der Waals surface area contributed by atoms with Gasteiger partial charge in [-0.25, -0.2) is 0 Å². The Morgan fingerprint density at radius 1 is 0.303 bits per heavy atom. The van der Waals surface area contributed by atoms with Crippen LogP contribution in [0.15, 0.2) is 291 Å². The van der Waals surface area contributed by atoms with E-state index in [9.17, 15) is 76.7 Å². The molecule has 730 valence electrons. The lowest BCUT2D eigenvalue weighted by Gasteiger charge is -2.29. The van der Waals surface area contributed by atoms with Crippen LogP contribution in [0.3, 0.4) is 0 Å². The third kappa shape index (κ3) is 20.2. The van der Waals surface area contributed by atoms with E-state index in [0.717, 1.165) is 68.4 Å². The second-order valence-corrected chi connectivity index (χ2v) is 38.0. The van der Waals surface area contributed by atoms with Gasteiger partial charge < -0.3 is 28.4 Å². The number of carbonyl (C=O) groups excluding carboxylic acids is 16. The highest BCUT2D eigenvalue weighted by Gasteiger charge is 2.52. The van der Waals surface area contributed by atoms with Gasteiger partial charge in [0.25, 0.3) is 59.1 Å². The maximum Gasteiger partial charge on any atom is 0.266 e. The molecule has 0 saturated heterocycles. The fourth-order valence-corrected chi connectivity index (χ4v) is 21.0. The van der Waals surface area contributed by atoms with Crippen molar-refractivity contribution in [2.75, 3.05) is 20.3 Å². The number of hydrogen-bond donors (Lipinski definition) is 0. The van der Waals surface area contributed by atoms with E-state index >= 15 is 0 Å². The maximum absolute atomic E-state index is 13.2. The van der Waals surface area contributed by atoms with Crippen LogP contribution in [0.4, 0.5) is 0 Å². The summed E-state index contributed by atoms with van der Waals surface area (Å²) in [6.45, 7) is 18.6. The predicted molar refractivity (Wildman–Crippen MR) is 539 cm³/mol. The summed E-state index contributed by atoms with van der Waals surface area (Å²) >= 11 is 1.66. The minimum atomic E-state index is -0.885. The van der Waals surface area contributed by atoms with Crippen LogP contribution >= 0.6 is 11.3 Å². The number of benzene rings is 11. The maximum atomic E-state index is 13.2. The van der Waals surface area contributed by atoms with Gasteiger partial charge in [-0.15, -0.1) is 11.3 Å². The van der Waals surface area contributed by atoms with E-state index in [1.165, 1.54) is 20.9 Å². The molecule has 0 spiro atoms. The van der Waals surface area contributed by atoms with Crippen molar-refractivity contribution in [3.05, 3.63) is 368 Å². The normalized spacial score (nSPS) is 19.0. The van der Waals surface area contributed by atoms with Gasteiger partial charge >= 0.3 is 0 Å². The molecule has 5 saturated carbocycles. The third-order valence-electron chi connectivity index (χ3n) is 27.3. The van der Waals surface area contributed by atoms with Crippen molar-refractivity contribution in [2.45, 2.75) is 153 Å². The molecule has 10 amide bonds. The molecule has 5 aliphatic heterocycles. The van der Waals surface area contributed by atoms with Crippen molar-refractivity contribution in [1.82, 2.24) is 24.5 Å². The molecule has 0 N–H and O–H groups in total. The first-order chi connectivity index (χ1) is 70.1. The van der Waals surface area contributed by atoms with Gasteiger partial charge in [-0.2, -0.15) is 0 Å². The number of rotatable bonds is 21. The zero-order chi connectivity index (χ0) is 102.